The molecule has 7 nitrogen and oxygen atoms in total. The zero-order valence-corrected chi connectivity index (χ0v) is 17.5. The highest BCUT2D eigenvalue weighted by molar-refractivity contribution is 9.10. The Bertz CT molecular complexity index is 1150. The zero-order chi connectivity index (χ0) is 19.7. The number of nitrogens with one attached hydrogen (secondary N) is 1. The third-order valence-corrected chi connectivity index (χ3v) is 5.78. The minimum Gasteiger partial charge on any atom is -0.496 e. The van der Waals surface area contributed by atoms with E-state index in [2.05, 4.69) is 36.5 Å². The van der Waals surface area contributed by atoms with Crippen molar-refractivity contribution < 1.29 is 9.53 Å². The molecule has 2 heterocycles. The van der Waals surface area contributed by atoms with E-state index >= 15 is 0 Å². The van der Waals surface area contributed by atoms with Gasteiger partial charge in [-0.15, -0.1) is 10.2 Å². The van der Waals surface area contributed by atoms with Gasteiger partial charge < -0.3 is 10.1 Å². The Morgan fingerprint density at radius 3 is 2.68 bits per heavy atom. The van der Waals surface area contributed by atoms with Gasteiger partial charge in [0.1, 0.15) is 10.8 Å². The summed E-state index contributed by atoms with van der Waals surface area (Å²) >= 11 is 4.89. The number of aryl methyl sites for hydroxylation is 1. The molecule has 4 aromatic rings. The van der Waals surface area contributed by atoms with E-state index in [0.29, 0.717) is 17.9 Å². The standard InChI is InChI=1S/C19H16BrN5O2S/c1-11-22-23-19-25(11)24-18(28-19)13-5-3-12(4-6-13)10-21-17(26)14-7-8-16(27-2)15(20)9-14/h3-9H,10H2,1-2H3,(H,21,26). The van der Waals surface area contributed by atoms with Crippen LogP contribution in [0.1, 0.15) is 21.7 Å². The summed E-state index contributed by atoms with van der Waals surface area (Å²) in [5.74, 6) is 1.31. The van der Waals surface area contributed by atoms with Gasteiger partial charge in [-0.1, -0.05) is 35.6 Å². The van der Waals surface area contributed by atoms with Gasteiger partial charge in [0.2, 0.25) is 4.96 Å². The van der Waals surface area contributed by atoms with Crippen LogP contribution < -0.4 is 10.1 Å². The predicted molar refractivity (Wildman–Crippen MR) is 111 cm³/mol. The van der Waals surface area contributed by atoms with Crippen LogP contribution in [0.2, 0.25) is 0 Å². The highest BCUT2D eigenvalue weighted by Crippen LogP contribution is 2.26. The van der Waals surface area contributed by atoms with Crippen LogP contribution in [0.4, 0.5) is 0 Å². The van der Waals surface area contributed by atoms with Gasteiger partial charge in [-0.2, -0.15) is 9.61 Å². The van der Waals surface area contributed by atoms with Crippen LogP contribution >= 0.6 is 27.3 Å². The molecule has 2 aromatic heterocycles. The van der Waals surface area contributed by atoms with E-state index in [1.807, 2.05) is 31.2 Å². The number of carbonyl (C=O) groups is 1. The topological polar surface area (TPSA) is 81.4 Å². The molecule has 28 heavy (non-hydrogen) atoms. The van der Waals surface area contributed by atoms with Crippen LogP contribution in [-0.2, 0) is 6.54 Å². The van der Waals surface area contributed by atoms with Crippen LogP contribution in [0, 0.1) is 6.92 Å². The van der Waals surface area contributed by atoms with Crippen molar-refractivity contribution in [2.24, 2.45) is 0 Å². The lowest BCUT2D eigenvalue weighted by Gasteiger charge is -2.08. The van der Waals surface area contributed by atoms with E-state index in [-0.39, 0.29) is 5.91 Å². The number of rotatable bonds is 5. The van der Waals surface area contributed by atoms with Crippen molar-refractivity contribution in [3.63, 3.8) is 0 Å². The van der Waals surface area contributed by atoms with Crippen LogP contribution in [0.25, 0.3) is 15.5 Å². The maximum atomic E-state index is 12.4. The second-order valence-corrected chi connectivity index (χ2v) is 7.89. The van der Waals surface area contributed by atoms with Gasteiger partial charge in [0.15, 0.2) is 5.82 Å². The molecular weight excluding hydrogens is 442 g/mol. The molecule has 0 unspecified atom stereocenters. The van der Waals surface area contributed by atoms with E-state index in [9.17, 15) is 4.79 Å². The fraction of sp³-hybridized carbons (Fsp3) is 0.158. The summed E-state index contributed by atoms with van der Waals surface area (Å²) in [6.07, 6.45) is 0. The molecule has 0 radical (unpaired) electrons. The third-order valence-electron chi connectivity index (χ3n) is 4.21. The van der Waals surface area contributed by atoms with Crippen molar-refractivity contribution in [1.29, 1.82) is 0 Å². The van der Waals surface area contributed by atoms with Gasteiger partial charge >= 0.3 is 0 Å². The number of halogens is 1. The Morgan fingerprint density at radius 1 is 1.21 bits per heavy atom. The Morgan fingerprint density at radius 2 is 2.00 bits per heavy atom. The molecule has 0 spiro atoms. The van der Waals surface area contributed by atoms with E-state index < -0.39 is 0 Å². The van der Waals surface area contributed by atoms with Gasteiger partial charge in [0.05, 0.1) is 11.6 Å². The second kappa shape index (κ2) is 7.69. The van der Waals surface area contributed by atoms with Crippen molar-refractivity contribution in [3.8, 4) is 16.3 Å². The van der Waals surface area contributed by atoms with Crippen LogP contribution in [-0.4, -0.2) is 32.8 Å². The summed E-state index contributed by atoms with van der Waals surface area (Å²) in [6, 6.07) is 13.2. The molecule has 0 aliphatic carbocycles. The molecule has 0 atom stereocenters. The number of fused-ring (bicyclic) bond motifs is 1. The second-order valence-electron chi connectivity index (χ2n) is 6.08. The lowest BCUT2D eigenvalue weighted by molar-refractivity contribution is 0.0951. The highest BCUT2D eigenvalue weighted by atomic mass is 79.9. The Labute approximate surface area is 173 Å². The molecule has 1 amide bonds. The van der Waals surface area contributed by atoms with E-state index in [0.717, 1.165) is 31.4 Å². The molecular formula is C19H16BrN5O2S. The van der Waals surface area contributed by atoms with Crippen molar-refractivity contribution in [2.45, 2.75) is 13.5 Å². The first-order valence-corrected chi connectivity index (χ1v) is 10.1. The number of hydrogen-bond donors (Lipinski definition) is 1. The Balaban J connectivity index is 1.43. The third kappa shape index (κ3) is 3.63. The summed E-state index contributed by atoms with van der Waals surface area (Å²) in [4.78, 5) is 13.1. The smallest absolute Gasteiger partial charge is 0.251 e. The van der Waals surface area contributed by atoms with Crippen LogP contribution in [0.3, 0.4) is 0 Å². The minimum absolute atomic E-state index is 0.142. The molecule has 1 N–H and O–H groups in total. The Hall–Kier alpha value is -2.78. The molecule has 142 valence electrons. The molecule has 2 aromatic carbocycles. The average molecular weight is 458 g/mol. The molecule has 0 saturated heterocycles. The van der Waals surface area contributed by atoms with Crippen LogP contribution in [0.15, 0.2) is 46.9 Å². The molecule has 0 bridgehead atoms. The minimum atomic E-state index is -0.142. The van der Waals surface area contributed by atoms with E-state index in [1.165, 1.54) is 11.3 Å². The number of methoxy groups -OCH3 is 1. The van der Waals surface area contributed by atoms with E-state index in [1.54, 1.807) is 29.8 Å². The lowest BCUT2D eigenvalue weighted by atomic mass is 10.1. The van der Waals surface area contributed by atoms with Crippen molar-refractivity contribution >= 4 is 38.1 Å². The summed E-state index contributed by atoms with van der Waals surface area (Å²) < 4.78 is 7.67. The van der Waals surface area contributed by atoms with Crippen LogP contribution in [0.5, 0.6) is 5.75 Å². The van der Waals surface area contributed by atoms with Crippen molar-refractivity contribution in [2.75, 3.05) is 7.11 Å². The lowest BCUT2D eigenvalue weighted by Crippen LogP contribution is -2.22. The monoisotopic (exact) mass is 457 g/mol. The summed E-state index contributed by atoms with van der Waals surface area (Å²) in [5.41, 5.74) is 2.58. The average Bonchev–Trinajstić information content (AvgIpc) is 3.28. The molecule has 0 aliphatic heterocycles. The zero-order valence-electron chi connectivity index (χ0n) is 15.1. The number of nitrogens with zero attached hydrogens (tertiary/aromatic N) is 4. The SMILES string of the molecule is COc1ccc(C(=O)NCc2ccc(-c3nn4c(C)nnc4s3)cc2)cc1Br. The molecule has 0 aliphatic rings. The number of benzene rings is 2. The maximum Gasteiger partial charge on any atom is 0.251 e. The van der Waals surface area contributed by atoms with Gasteiger partial charge in [-0.05, 0) is 46.6 Å². The highest BCUT2D eigenvalue weighted by Gasteiger charge is 2.11. The largest absolute Gasteiger partial charge is 0.496 e. The fourth-order valence-electron chi connectivity index (χ4n) is 2.69. The van der Waals surface area contributed by atoms with E-state index in [4.69, 9.17) is 4.74 Å². The summed E-state index contributed by atoms with van der Waals surface area (Å²) in [6.45, 7) is 2.31. The number of carbonyl (C=O) groups excluding carboxylic acids is 1. The maximum absolute atomic E-state index is 12.4. The van der Waals surface area contributed by atoms with Crippen molar-refractivity contribution in [3.05, 3.63) is 63.9 Å². The number of aromatic nitrogens is 4. The first-order chi connectivity index (χ1) is 13.5. The molecule has 0 fully saturated rings. The normalized spacial score (nSPS) is 11.0. The Kier molecular flexibility index (Phi) is 5.10. The number of ether oxygens (including phenoxy) is 1. The van der Waals surface area contributed by atoms with Gasteiger partial charge in [-0.3, -0.25) is 4.79 Å². The van der Waals surface area contributed by atoms with Crippen molar-refractivity contribution in [1.82, 2.24) is 25.1 Å². The predicted octanol–water partition coefficient (Wildman–Crippen LogP) is 3.86. The quantitative estimate of drug-likeness (QED) is 0.491. The van der Waals surface area contributed by atoms with Gasteiger partial charge in [0, 0.05) is 17.7 Å². The van der Waals surface area contributed by atoms with Gasteiger partial charge in [0.25, 0.3) is 5.91 Å². The summed E-state index contributed by atoms with van der Waals surface area (Å²) in [7, 11) is 1.59. The molecule has 4 rings (SSSR count). The molecule has 9 heteroatoms. The number of hydrogen-bond acceptors (Lipinski definition) is 6. The summed E-state index contributed by atoms with van der Waals surface area (Å²) in [5, 5.41) is 16.4. The number of amides is 1. The first kappa shape index (κ1) is 18.6. The fourth-order valence-corrected chi connectivity index (χ4v) is 4.12. The first-order valence-electron chi connectivity index (χ1n) is 8.45. The molecule has 0 saturated carbocycles. The van der Waals surface area contributed by atoms with Gasteiger partial charge in [-0.25, -0.2) is 0 Å².